The number of carbonyl (C=O) groups excluding carboxylic acids is 2. The highest BCUT2D eigenvalue weighted by atomic mass is 32.2. The highest BCUT2D eigenvalue weighted by Gasteiger charge is 2.34. The molecule has 8 nitrogen and oxygen atoms in total. The molecule has 0 aliphatic carbocycles. The zero-order chi connectivity index (χ0) is 19.2. The van der Waals surface area contributed by atoms with Crippen LogP contribution < -0.4 is 0 Å². The van der Waals surface area contributed by atoms with Gasteiger partial charge in [0.25, 0.3) is 0 Å². The second kappa shape index (κ2) is 9.55. The molecule has 0 spiro atoms. The van der Waals surface area contributed by atoms with Gasteiger partial charge in [0, 0.05) is 45.2 Å². The van der Waals surface area contributed by atoms with E-state index < -0.39 is 10.0 Å². The number of rotatable bonds is 6. The molecule has 2 amide bonds. The van der Waals surface area contributed by atoms with Gasteiger partial charge in [0.05, 0.1) is 12.4 Å². The van der Waals surface area contributed by atoms with Crippen molar-refractivity contribution in [2.24, 2.45) is 5.92 Å². The summed E-state index contributed by atoms with van der Waals surface area (Å²) in [7, 11) is -3.19. The van der Waals surface area contributed by atoms with Crippen molar-refractivity contribution in [3.8, 4) is 0 Å². The molecule has 2 saturated heterocycles. The summed E-state index contributed by atoms with van der Waals surface area (Å²) in [6, 6.07) is 0. The summed E-state index contributed by atoms with van der Waals surface area (Å²) < 4.78 is 31.0. The van der Waals surface area contributed by atoms with Crippen LogP contribution in [0.3, 0.4) is 0 Å². The smallest absolute Gasteiger partial charge is 0.409 e. The summed E-state index contributed by atoms with van der Waals surface area (Å²) in [6.07, 6.45) is 2.34. The Bertz CT molecular complexity index is 579. The van der Waals surface area contributed by atoms with E-state index in [2.05, 4.69) is 0 Å². The average molecular weight is 390 g/mol. The SMILES string of the molecule is CCCCS(=O)(=O)N1CCC(C(=O)N2CCN(C(=O)OCC)CC2)CC1. The third-order valence-electron chi connectivity index (χ3n) is 5.07. The van der Waals surface area contributed by atoms with Crippen molar-refractivity contribution in [1.29, 1.82) is 0 Å². The molecule has 2 fully saturated rings. The van der Waals surface area contributed by atoms with Gasteiger partial charge in [-0.2, -0.15) is 0 Å². The molecule has 2 rings (SSSR count). The largest absolute Gasteiger partial charge is 0.450 e. The van der Waals surface area contributed by atoms with Crippen LogP contribution in [0.25, 0.3) is 0 Å². The maximum Gasteiger partial charge on any atom is 0.409 e. The molecule has 2 aliphatic rings. The summed E-state index contributed by atoms with van der Waals surface area (Å²) in [5.74, 6) is 0.152. The number of piperidine rings is 1. The standard InChI is InChI=1S/C17H31N3O5S/c1-3-5-14-26(23,24)20-8-6-15(7-9-20)16(21)18-10-12-19(13-11-18)17(22)25-4-2/h15H,3-14H2,1-2H3. The highest BCUT2D eigenvalue weighted by Crippen LogP contribution is 2.23. The first-order valence-electron chi connectivity index (χ1n) is 9.57. The Morgan fingerprint density at radius 2 is 1.54 bits per heavy atom. The lowest BCUT2D eigenvalue weighted by atomic mass is 9.96. The predicted octanol–water partition coefficient (Wildman–Crippen LogP) is 1.13. The number of unbranched alkanes of at least 4 members (excludes halogenated alkanes) is 1. The fourth-order valence-electron chi connectivity index (χ4n) is 3.42. The molecule has 0 aromatic rings. The summed E-state index contributed by atoms with van der Waals surface area (Å²) in [5, 5.41) is 0. The normalized spacial score (nSPS) is 20.2. The van der Waals surface area contributed by atoms with Crippen molar-refractivity contribution in [1.82, 2.24) is 14.1 Å². The van der Waals surface area contributed by atoms with Crippen LogP contribution >= 0.6 is 0 Å². The minimum atomic E-state index is -3.19. The van der Waals surface area contributed by atoms with Crippen LogP contribution in [0.5, 0.6) is 0 Å². The number of hydrogen-bond acceptors (Lipinski definition) is 5. The second-order valence-electron chi connectivity index (χ2n) is 6.85. The Kier molecular flexibility index (Phi) is 7.69. The van der Waals surface area contributed by atoms with E-state index in [1.165, 1.54) is 4.31 Å². The van der Waals surface area contributed by atoms with Gasteiger partial charge >= 0.3 is 6.09 Å². The van der Waals surface area contributed by atoms with Crippen LogP contribution in [0, 0.1) is 5.92 Å². The van der Waals surface area contributed by atoms with Crippen molar-refractivity contribution in [2.45, 2.75) is 39.5 Å². The van der Waals surface area contributed by atoms with Crippen LogP contribution in [0.1, 0.15) is 39.5 Å². The van der Waals surface area contributed by atoms with Crippen molar-refractivity contribution < 1.29 is 22.7 Å². The minimum absolute atomic E-state index is 0.0825. The number of piperazine rings is 1. The molecule has 0 bridgehead atoms. The lowest BCUT2D eigenvalue weighted by Crippen LogP contribution is -2.53. The molecule has 0 aromatic heterocycles. The van der Waals surface area contributed by atoms with E-state index in [9.17, 15) is 18.0 Å². The molecule has 0 radical (unpaired) electrons. The zero-order valence-corrected chi connectivity index (χ0v) is 16.7. The number of carbonyl (C=O) groups is 2. The number of amides is 2. The average Bonchev–Trinajstić information content (AvgIpc) is 2.66. The molecule has 2 aliphatic heterocycles. The summed E-state index contributed by atoms with van der Waals surface area (Å²) in [4.78, 5) is 27.8. The molecular weight excluding hydrogens is 358 g/mol. The number of hydrogen-bond donors (Lipinski definition) is 0. The van der Waals surface area contributed by atoms with E-state index in [0.717, 1.165) is 6.42 Å². The second-order valence-corrected chi connectivity index (χ2v) is 8.94. The first-order valence-corrected chi connectivity index (χ1v) is 11.2. The highest BCUT2D eigenvalue weighted by molar-refractivity contribution is 7.89. The molecule has 9 heteroatoms. The van der Waals surface area contributed by atoms with Gasteiger partial charge < -0.3 is 14.5 Å². The molecule has 26 heavy (non-hydrogen) atoms. The van der Waals surface area contributed by atoms with Crippen molar-refractivity contribution in [2.75, 3.05) is 51.6 Å². The first kappa shape index (κ1) is 21.0. The van der Waals surface area contributed by atoms with E-state index in [1.807, 2.05) is 6.92 Å². The quantitative estimate of drug-likeness (QED) is 0.680. The van der Waals surface area contributed by atoms with Crippen LogP contribution in [-0.4, -0.2) is 86.2 Å². The molecule has 0 unspecified atom stereocenters. The summed E-state index contributed by atoms with van der Waals surface area (Å²) >= 11 is 0. The van der Waals surface area contributed by atoms with Crippen LogP contribution in [0.15, 0.2) is 0 Å². The van der Waals surface area contributed by atoms with Gasteiger partial charge in [-0.3, -0.25) is 4.79 Å². The maximum absolute atomic E-state index is 12.7. The van der Waals surface area contributed by atoms with Gasteiger partial charge in [-0.05, 0) is 26.2 Å². The Labute approximate surface area is 156 Å². The Morgan fingerprint density at radius 1 is 0.962 bits per heavy atom. The molecule has 0 aromatic carbocycles. The van der Waals surface area contributed by atoms with E-state index >= 15 is 0 Å². The van der Waals surface area contributed by atoms with Gasteiger partial charge in [-0.15, -0.1) is 0 Å². The lowest BCUT2D eigenvalue weighted by Gasteiger charge is -2.38. The number of nitrogens with zero attached hydrogens (tertiary/aromatic N) is 3. The minimum Gasteiger partial charge on any atom is -0.450 e. The van der Waals surface area contributed by atoms with Gasteiger partial charge in [0.2, 0.25) is 15.9 Å². The van der Waals surface area contributed by atoms with Crippen molar-refractivity contribution in [3.63, 3.8) is 0 Å². The Morgan fingerprint density at radius 3 is 2.08 bits per heavy atom. The Hall–Kier alpha value is -1.35. The van der Waals surface area contributed by atoms with Crippen LogP contribution in [0.2, 0.25) is 0 Å². The Balaban J connectivity index is 1.79. The summed E-state index contributed by atoms with van der Waals surface area (Å²) in [5.41, 5.74) is 0. The molecule has 0 atom stereocenters. The third kappa shape index (κ3) is 5.33. The molecule has 150 valence electrons. The van der Waals surface area contributed by atoms with Gasteiger partial charge in [0.1, 0.15) is 0 Å². The monoisotopic (exact) mass is 389 g/mol. The van der Waals surface area contributed by atoms with Gasteiger partial charge in [-0.25, -0.2) is 17.5 Å². The summed E-state index contributed by atoms with van der Waals surface area (Å²) in [6.45, 7) is 6.91. The maximum atomic E-state index is 12.7. The molecular formula is C17H31N3O5S. The van der Waals surface area contributed by atoms with Gasteiger partial charge in [-0.1, -0.05) is 13.3 Å². The van der Waals surface area contributed by atoms with Gasteiger partial charge in [0.15, 0.2) is 0 Å². The van der Waals surface area contributed by atoms with Crippen molar-refractivity contribution >= 4 is 22.0 Å². The topological polar surface area (TPSA) is 87.2 Å². The fraction of sp³-hybridized carbons (Fsp3) is 0.882. The van der Waals surface area contributed by atoms with E-state index in [0.29, 0.717) is 65.1 Å². The van der Waals surface area contributed by atoms with E-state index in [4.69, 9.17) is 4.74 Å². The van der Waals surface area contributed by atoms with E-state index in [1.54, 1.807) is 16.7 Å². The van der Waals surface area contributed by atoms with Crippen LogP contribution in [-0.2, 0) is 19.6 Å². The molecule has 0 N–H and O–H groups in total. The van der Waals surface area contributed by atoms with Crippen molar-refractivity contribution in [3.05, 3.63) is 0 Å². The molecule has 0 saturated carbocycles. The predicted molar refractivity (Wildman–Crippen MR) is 98.2 cm³/mol. The fourth-order valence-corrected chi connectivity index (χ4v) is 5.10. The lowest BCUT2D eigenvalue weighted by molar-refractivity contribution is -0.138. The first-order chi connectivity index (χ1) is 12.4. The third-order valence-corrected chi connectivity index (χ3v) is 7.03. The number of ether oxygens (including phenoxy) is 1. The van der Waals surface area contributed by atoms with Crippen LogP contribution in [0.4, 0.5) is 4.79 Å². The molecule has 2 heterocycles. The van der Waals surface area contributed by atoms with E-state index in [-0.39, 0.29) is 23.7 Å². The number of sulfonamides is 1. The zero-order valence-electron chi connectivity index (χ0n) is 15.9.